The first-order chi connectivity index (χ1) is 16.5. The number of rotatable bonds is 8. The molecule has 1 aromatic heterocycles. The Balaban J connectivity index is 2.13. The van der Waals surface area contributed by atoms with Crippen molar-refractivity contribution >= 4 is 45.5 Å². The van der Waals surface area contributed by atoms with Gasteiger partial charge in [-0.15, -0.1) is 0 Å². The number of halogens is 2. The van der Waals surface area contributed by atoms with Gasteiger partial charge in [0.05, 0.1) is 10.7 Å². The second kappa shape index (κ2) is 11.2. The summed E-state index contributed by atoms with van der Waals surface area (Å²) in [6, 6.07) is 7.51. The van der Waals surface area contributed by atoms with Gasteiger partial charge in [0.15, 0.2) is 22.7 Å². The lowest BCUT2D eigenvalue weighted by atomic mass is 9.97. The molecule has 188 valence electrons. The van der Waals surface area contributed by atoms with Gasteiger partial charge in [0, 0.05) is 44.1 Å². The molecular formula is C23H26ClFN4O5S. The van der Waals surface area contributed by atoms with Gasteiger partial charge in [-0.05, 0) is 44.4 Å². The van der Waals surface area contributed by atoms with E-state index < -0.39 is 28.7 Å². The topological polar surface area (TPSA) is 104 Å². The van der Waals surface area contributed by atoms with Crippen LogP contribution in [0.5, 0.6) is 5.75 Å². The number of ether oxygens (including phenoxy) is 1. The number of fused-ring (bicyclic) bond motifs is 1. The number of amides is 1. The molecule has 0 fully saturated rings. The van der Waals surface area contributed by atoms with Crippen molar-refractivity contribution in [3.63, 3.8) is 0 Å². The highest BCUT2D eigenvalue weighted by molar-refractivity contribution is 7.84. The molecule has 0 aliphatic rings. The molecule has 0 radical (unpaired) electrons. The van der Waals surface area contributed by atoms with Crippen molar-refractivity contribution in [3.05, 3.63) is 68.3 Å². The Morgan fingerprint density at radius 3 is 2.54 bits per heavy atom. The van der Waals surface area contributed by atoms with Crippen LogP contribution in [-0.4, -0.2) is 55.3 Å². The third-order valence-corrected chi connectivity index (χ3v) is 6.27. The number of hydrogen-bond donors (Lipinski definition) is 2. The van der Waals surface area contributed by atoms with Gasteiger partial charge < -0.3 is 19.0 Å². The quantitative estimate of drug-likeness (QED) is 0.437. The molecule has 0 bridgehead atoms. The van der Waals surface area contributed by atoms with E-state index in [1.807, 2.05) is 19.0 Å². The Hall–Kier alpha value is -2.99. The summed E-state index contributed by atoms with van der Waals surface area (Å²) in [5.74, 6) is -1.12. The second-order valence-electron chi connectivity index (χ2n) is 8.16. The first kappa shape index (κ1) is 26.6. The van der Waals surface area contributed by atoms with E-state index in [9.17, 15) is 18.2 Å². The van der Waals surface area contributed by atoms with Crippen LogP contribution in [0.3, 0.4) is 0 Å². The van der Waals surface area contributed by atoms with Gasteiger partial charge in [-0.1, -0.05) is 23.7 Å². The van der Waals surface area contributed by atoms with Crippen LogP contribution in [0.2, 0.25) is 5.02 Å². The van der Waals surface area contributed by atoms with Crippen LogP contribution in [0, 0.1) is 5.82 Å². The first-order valence-corrected chi connectivity index (χ1v) is 12.0. The minimum absolute atomic E-state index is 0.0875. The lowest BCUT2D eigenvalue weighted by Crippen LogP contribution is -2.25. The zero-order valence-electron chi connectivity index (χ0n) is 19.9. The normalized spacial score (nSPS) is 12.1. The average molecular weight is 525 g/mol. The first-order valence-electron chi connectivity index (χ1n) is 10.5. The van der Waals surface area contributed by atoms with Crippen molar-refractivity contribution in [2.75, 3.05) is 40.0 Å². The number of benzene rings is 2. The Labute approximate surface area is 209 Å². The highest BCUT2D eigenvalue weighted by atomic mass is 35.5. The summed E-state index contributed by atoms with van der Waals surface area (Å²) in [7, 11) is 8.10. The molecule has 0 saturated heterocycles. The van der Waals surface area contributed by atoms with Crippen molar-refractivity contribution in [1.82, 2.24) is 14.5 Å². The summed E-state index contributed by atoms with van der Waals surface area (Å²) < 4.78 is 42.6. The lowest BCUT2D eigenvalue weighted by molar-refractivity contribution is 0.170. The molecule has 1 heterocycles. The SMILES string of the molecule is CNS(=O)Nc1cccc(Cc2c(CN(C)C)c3cc(F)c(OC(=O)N(C)C)cc3oc2=O)c1Cl. The maximum atomic E-state index is 14.9. The molecule has 3 aromatic rings. The zero-order valence-corrected chi connectivity index (χ0v) is 21.5. The molecule has 0 aliphatic carbocycles. The van der Waals surface area contributed by atoms with Crippen LogP contribution in [0.15, 0.2) is 39.5 Å². The summed E-state index contributed by atoms with van der Waals surface area (Å²) in [6.45, 7) is 0.313. The minimum atomic E-state index is -1.54. The zero-order chi connectivity index (χ0) is 25.9. The summed E-state index contributed by atoms with van der Waals surface area (Å²) in [4.78, 5) is 27.9. The number of nitrogens with one attached hydrogen (secondary N) is 2. The fourth-order valence-corrected chi connectivity index (χ4v) is 4.15. The number of carbonyl (C=O) groups excluding carboxylic acids is 1. The number of hydrogen-bond acceptors (Lipinski definition) is 6. The second-order valence-corrected chi connectivity index (χ2v) is 9.68. The van der Waals surface area contributed by atoms with Crippen LogP contribution in [0.25, 0.3) is 11.0 Å². The van der Waals surface area contributed by atoms with E-state index in [4.69, 9.17) is 20.8 Å². The maximum Gasteiger partial charge on any atom is 0.414 e. The number of nitrogens with zero attached hydrogens (tertiary/aromatic N) is 2. The van der Waals surface area contributed by atoms with E-state index in [1.165, 1.54) is 33.3 Å². The van der Waals surface area contributed by atoms with E-state index >= 15 is 0 Å². The fourth-order valence-electron chi connectivity index (χ4n) is 3.38. The van der Waals surface area contributed by atoms with E-state index in [2.05, 4.69) is 9.44 Å². The highest BCUT2D eigenvalue weighted by Gasteiger charge is 2.21. The average Bonchev–Trinajstić information content (AvgIpc) is 2.79. The largest absolute Gasteiger partial charge is 0.422 e. The van der Waals surface area contributed by atoms with Gasteiger partial charge >= 0.3 is 11.7 Å². The summed E-state index contributed by atoms with van der Waals surface area (Å²) in [5.41, 5.74) is 1.34. The molecule has 2 aromatic carbocycles. The standard InChI is InChI=1S/C23H26ClFN4O5S/c1-26-35(32)27-18-8-6-7-13(21(18)24)9-15-16(12-28(2)3)14-10-17(25)20(34-23(31)29(4)5)11-19(14)33-22(15)30/h6-8,10-11,26-27H,9,12H2,1-5H3. The van der Waals surface area contributed by atoms with Crippen molar-refractivity contribution in [1.29, 1.82) is 0 Å². The van der Waals surface area contributed by atoms with Gasteiger partial charge in [-0.25, -0.2) is 22.9 Å². The monoisotopic (exact) mass is 524 g/mol. The van der Waals surface area contributed by atoms with Crippen LogP contribution in [0.1, 0.15) is 16.7 Å². The molecule has 3 rings (SSSR count). The van der Waals surface area contributed by atoms with Crippen molar-refractivity contribution < 1.29 is 22.5 Å². The van der Waals surface area contributed by atoms with E-state index in [0.29, 0.717) is 39.3 Å². The van der Waals surface area contributed by atoms with Crippen LogP contribution >= 0.6 is 11.6 Å². The van der Waals surface area contributed by atoms with Gasteiger partial charge in [0.25, 0.3) is 0 Å². The minimum Gasteiger partial charge on any atom is -0.422 e. The molecule has 2 N–H and O–H groups in total. The van der Waals surface area contributed by atoms with Crippen LogP contribution in [0.4, 0.5) is 14.9 Å². The Kier molecular flexibility index (Phi) is 8.49. The molecule has 35 heavy (non-hydrogen) atoms. The molecule has 1 amide bonds. The van der Waals surface area contributed by atoms with Crippen molar-refractivity contribution in [3.8, 4) is 5.75 Å². The summed E-state index contributed by atoms with van der Waals surface area (Å²) in [6.07, 6.45) is -0.667. The maximum absolute atomic E-state index is 14.9. The fraction of sp³-hybridized carbons (Fsp3) is 0.304. The van der Waals surface area contributed by atoms with Crippen molar-refractivity contribution in [2.24, 2.45) is 0 Å². The summed E-state index contributed by atoms with van der Waals surface area (Å²) in [5, 5.41) is 0.667. The van der Waals surface area contributed by atoms with Crippen LogP contribution in [-0.2, 0) is 24.1 Å². The third kappa shape index (κ3) is 6.17. The molecule has 0 spiro atoms. The molecule has 1 unspecified atom stereocenters. The van der Waals surface area contributed by atoms with E-state index in [0.717, 1.165) is 4.90 Å². The third-order valence-electron chi connectivity index (χ3n) is 5.04. The summed E-state index contributed by atoms with van der Waals surface area (Å²) >= 11 is 4.99. The molecule has 9 nitrogen and oxygen atoms in total. The lowest BCUT2D eigenvalue weighted by Gasteiger charge is -2.18. The highest BCUT2D eigenvalue weighted by Crippen LogP contribution is 2.32. The molecule has 0 aliphatic heterocycles. The van der Waals surface area contributed by atoms with Crippen LogP contribution < -0.4 is 19.8 Å². The molecule has 0 saturated carbocycles. The Bertz CT molecular complexity index is 1350. The Morgan fingerprint density at radius 2 is 1.91 bits per heavy atom. The van der Waals surface area contributed by atoms with Gasteiger partial charge in [0.2, 0.25) is 0 Å². The molecule has 12 heteroatoms. The predicted molar refractivity (Wildman–Crippen MR) is 135 cm³/mol. The number of carbonyl (C=O) groups is 1. The molecule has 1 atom stereocenters. The van der Waals surface area contributed by atoms with E-state index in [1.54, 1.807) is 18.2 Å². The number of anilines is 1. The smallest absolute Gasteiger partial charge is 0.414 e. The predicted octanol–water partition coefficient (Wildman–Crippen LogP) is 3.51. The molecular weight excluding hydrogens is 499 g/mol. The van der Waals surface area contributed by atoms with E-state index in [-0.39, 0.29) is 17.8 Å². The van der Waals surface area contributed by atoms with Gasteiger partial charge in [-0.2, -0.15) is 0 Å². The van der Waals surface area contributed by atoms with Gasteiger partial charge in [0.1, 0.15) is 5.58 Å². The van der Waals surface area contributed by atoms with Crippen molar-refractivity contribution in [2.45, 2.75) is 13.0 Å². The van der Waals surface area contributed by atoms with Gasteiger partial charge in [-0.3, -0.25) is 4.72 Å². The Morgan fingerprint density at radius 1 is 1.20 bits per heavy atom.